The Balaban J connectivity index is 2.52. The minimum absolute atomic E-state index is 0.00394. The van der Waals surface area contributed by atoms with Gasteiger partial charge in [0.2, 0.25) is 9.84 Å². The van der Waals surface area contributed by atoms with E-state index in [-0.39, 0.29) is 27.0 Å². The molecule has 0 saturated heterocycles. The summed E-state index contributed by atoms with van der Waals surface area (Å²) in [7, 11) is -7.29. The number of aromatic nitrogens is 1. The van der Waals surface area contributed by atoms with Gasteiger partial charge in [-0.3, -0.25) is 4.98 Å². The van der Waals surface area contributed by atoms with E-state index in [2.05, 4.69) is 4.98 Å². The number of nitrogens with zero attached hydrogens (tertiary/aromatic N) is 1. The van der Waals surface area contributed by atoms with Crippen molar-refractivity contribution in [2.45, 2.75) is 28.2 Å². The van der Waals surface area contributed by atoms with Crippen LogP contribution in [0.15, 0.2) is 57.3 Å². The SMILES string of the molecule is CCS(=O)(=O)c1cccc(S(=O)(=O)c2ccc(CN)nc2)c1. The van der Waals surface area contributed by atoms with Crippen LogP contribution in [0.1, 0.15) is 12.6 Å². The zero-order valence-corrected chi connectivity index (χ0v) is 13.6. The molecule has 1 aromatic carbocycles. The number of benzene rings is 1. The summed E-state index contributed by atoms with van der Waals surface area (Å²) in [5.74, 6) is -0.0940. The van der Waals surface area contributed by atoms with Crippen molar-refractivity contribution in [3.8, 4) is 0 Å². The molecule has 1 heterocycles. The molecule has 8 heteroatoms. The molecule has 0 saturated carbocycles. The molecule has 0 amide bonds. The van der Waals surface area contributed by atoms with E-state index in [9.17, 15) is 16.8 Å². The first-order valence-corrected chi connectivity index (χ1v) is 9.67. The monoisotopic (exact) mass is 340 g/mol. The van der Waals surface area contributed by atoms with Gasteiger partial charge in [-0.2, -0.15) is 0 Å². The summed E-state index contributed by atoms with van der Waals surface area (Å²) < 4.78 is 48.8. The molecule has 6 nitrogen and oxygen atoms in total. The number of sulfone groups is 2. The molecule has 0 aliphatic heterocycles. The molecule has 0 radical (unpaired) electrons. The van der Waals surface area contributed by atoms with Gasteiger partial charge in [-0.05, 0) is 30.3 Å². The van der Waals surface area contributed by atoms with Gasteiger partial charge in [-0.1, -0.05) is 13.0 Å². The lowest BCUT2D eigenvalue weighted by molar-refractivity contribution is 0.594. The Morgan fingerprint density at radius 3 is 2.23 bits per heavy atom. The summed E-state index contributed by atoms with van der Waals surface area (Å²) in [6.07, 6.45) is 1.22. The van der Waals surface area contributed by atoms with Crippen LogP contribution in [0, 0.1) is 0 Å². The van der Waals surface area contributed by atoms with Gasteiger partial charge in [-0.15, -0.1) is 0 Å². The lowest BCUT2D eigenvalue weighted by Crippen LogP contribution is -2.08. The largest absolute Gasteiger partial charge is 0.325 e. The second-order valence-corrected chi connectivity index (χ2v) is 8.80. The van der Waals surface area contributed by atoms with Gasteiger partial charge in [0.1, 0.15) is 0 Å². The Bertz CT molecular complexity index is 873. The summed E-state index contributed by atoms with van der Waals surface area (Å²) in [5.41, 5.74) is 6.00. The summed E-state index contributed by atoms with van der Waals surface area (Å²) in [4.78, 5) is 3.86. The Morgan fingerprint density at radius 1 is 1.00 bits per heavy atom. The first-order valence-electron chi connectivity index (χ1n) is 6.54. The van der Waals surface area contributed by atoms with Crippen molar-refractivity contribution >= 4 is 19.7 Å². The molecule has 0 atom stereocenters. The number of hydrogen-bond donors (Lipinski definition) is 1. The van der Waals surface area contributed by atoms with E-state index in [0.717, 1.165) is 0 Å². The second kappa shape index (κ2) is 6.15. The van der Waals surface area contributed by atoms with Crippen molar-refractivity contribution in [1.82, 2.24) is 4.98 Å². The highest BCUT2D eigenvalue weighted by molar-refractivity contribution is 7.92. The molecule has 2 N–H and O–H groups in total. The van der Waals surface area contributed by atoms with Crippen molar-refractivity contribution < 1.29 is 16.8 Å². The average Bonchev–Trinajstić information content (AvgIpc) is 2.55. The third kappa shape index (κ3) is 3.18. The summed E-state index contributed by atoms with van der Waals surface area (Å²) in [5, 5.41) is 0. The van der Waals surface area contributed by atoms with E-state index in [4.69, 9.17) is 5.73 Å². The van der Waals surface area contributed by atoms with Gasteiger partial charge < -0.3 is 5.73 Å². The van der Waals surface area contributed by atoms with Crippen molar-refractivity contribution in [1.29, 1.82) is 0 Å². The van der Waals surface area contributed by atoms with Crippen molar-refractivity contribution in [2.75, 3.05) is 5.75 Å². The van der Waals surface area contributed by atoms with Gasteiger partial charge in [0, 0.05) is 12.7 Å². The molecular weight excluding hydrogens is 324 g/mol. The standard InChI is InChI=1S/C14H16N2O4S2/c1-2-21(17,18)12-4-3-5-13(8-12)22(19,20)14-7-6-11(9-15)16-10-14/h3-8,10H,2,9,15H2,1H3. The van der Waals surface area contributed by atoms with Gasteiger partial charge in [0.05, 0.1) is 26.1 Å². The van der Waals surface area contributed by atoms with Crippen LogP contribution in [0.25, 0.3) is 0 Å². The van der Waals surface area contributed by atoms with Crippen LogP contribution in [-0.4, -0.2) is 27.6 Å². The molecule has 2 rings (SSSR count). The highest BCUT2D eigenvalue weighted by Gasteiger charge is 2.21. The number of nitrogens with two attached hydrogens (primary N) is 1. The maximum atomic E-state index is 12.5. The molecule has 2 aromatic rings. The lowest BCUT2D eigenvalue weighted by Gasteiger charge is -2.07. The maximum absolute atomic E-state index is 12.5. The highest BCUT2D eigenvalue weighted by Crippen LogP contribution is 2.23. The predicted molar refractivity (Wildman–Crippen MR) is 81.7 cm³/mol. The van der Waals surface area contributed by atoms with E-state index in [0.29, 0.717) is 5.69 Å². The molecular formula is C14H16N2O4S2. The smallest absolute Gasteiger partial charge is 0.208 e. The van der Waals surface area contributed by atoms with Crippen molar-refractivity contribution in [3.63, 3.8) is 0 Å². The number of hydrogen-bond acceptors (Lipinski definition) is 6. The third-order valence-electron chi connectivity index (χ3n) is 3.17. The third-order valence-corrected chi connectivity index (χ3v) is 6.64. The summed E-state index contributed by atoms with van der Waals surface area (Å²) in [6.45, 7) is 1.72. The van der Waals surface area contributed by atoms with E-state index in [1.807, 2.05) is 0 Å². The molecule has 22 heavy (non-hydrogen) atoms. The van der Waals surface area contributed by atoms with E-state index >= 15 is 0 Å². The van der Waals surface area contributed by atoms with Crippen LogP contribution in [0.5, 0.6) is 0 Å². The van der Waals surface area contributed by atoms with Crippen LogP contribution in [0.3, 0.4) is 0 Å². The fourth-order valence-electron chi connectivity index (χ4n) is 1.83. The van der Waals surface area contributed by atoms with Crippen molar-refractivity contribution in [3.05, 3.63) is 48.3 Å². The Morgan fingerprint density at radius 2 is 1.68 bits per heavy atom. The molecule has 0 fully saturated rings. The van der Waals surface area contributed by atoms with Crippen LogP contribution in [0.4, 0.5) is 0 Å². The van der Waals surface area contributed by atoms with Crippen LogP contribution < -0.4 is 5.73 Å². The summed E-state index contributed by atoms with van der Waals surface area (Å²) >= 11 is 0. The second-order valence-electron chi connectivity index (χ2n) is 4.57. The van der Waals surface area contributed by atoms with E-state index in [1.165, 1.54) is 49.5 Å². The Hall–Kier alpha value is -1.77. The van der Waals surface area contributed by atoms with Gasteiger partial charge >= 0.3 is 0 Å². The minimum atomic E-state index is -3.82. The van der Waals surface area contributed by atoms with E-state index < -0.39 is 19.7 Å². The fourth-order valence-corrected chi connectivity index (χ4v) is 4.08. The highest BCUT2D eigenvalue weighted by atomic mass is 32.2. The van der Waals surface area contributed by atoms with Crippen molar-refractivity contribution in [2.24, 2.45) is 5.73 Å². The number of rotatable bonds is 5. The normalized spacial score (nSPS) is 12.3. The quantitative estimate of drug-likeness (QED) is 0.875. The van der Waals surface area contributed by atoms with Crippen LogP contribution in [-0.2, 0) is 26.2 Å². The minimum Gasteiger partial charge on any atom is -0.325 e. The topological polar surface area (TPSA) is 107 Å². The van der Waals surface area contributed by atoms with Gasteiger partial charge in [0.15, 0.2) is 9.84 Å². The molecule has 0 spiro atoms. The lowest BCUT2D eigenvalue weighted by atomic mass is 10.3. The molecule has 0 aliphatic rings. The predicted octanol–water partition coefficient (Wildman–Crippen LogP) is 1.17. The average molecular weight is 340 g/mol. The Labute approximate surface area is 129 Å². The first kappa shape index (κ1) is 16.6. The Kier molecular flexibility index (Phi) is 4.64. The molecule has 118 valence electrons. The zero-order chi connectivity index (χ0) is 16.4. The fraction of sp³-hybridized carbons (Fsp3) is 0.214. The molecule has 0 unspecified atom stereocenters. The van der Waals surface area contributed by atoms with Gasteiger partial charge in [-0.25, -0.2) is 16.8 Å². The van der Waals surface area contributed by atoms with Crippen LogP contribution >= 0.6 is 0 Å². The maximum Gasteiger partial charge on any atom is 0.208 e. The zero-order valence-electron chi connectivity index (χ0n) is 11.9. The molecule has 0 bridgehead atoms. The van der Waals surface area contributed by atoms with Gasteiger partial charge in [0.25, 0.3) is 0 Å². The van der Waals surface area contributed by atoms with E-state index in [1.54, 1.807) is 0 Å². The molecule has 0 aliphatic carbocycles. The molecule has 1 aromatic heterocycles. The number of pyridine rings is 1. The van der Waals surface area contributed by atoms with Crippen LogP contribution in [0.2, 0.25) is 0 Å². The summed E-state index contributed by atoms with van der Waals surface area (Å²) in [6, 6.07) is 8.27. The first-order chi connectivity index (χ1) is 10.3.